The number of nitrogens with one attached hydrogen (secondary N) is 1. The quantitative estimate of drug-likeness (QED) is 0.519. The molecule has 0 radical (unpaired) electrons. The van der Waals surface area contributed by atoms with Crippen molar-refractivity contribution in [2.24, 2.45) is 0 Å². The maximum Gasteiger partial charge on any atom is 0.263 e. The second kappa shape index (κ2) is 8.24. The van der Waals surface area contributed by atoms with Crippen molar-refractivity contribution < 1.29 is 4.39 Å². The number of rotatable bonds is 5. The predicted octanol–water partition coefficient (Wildman–Crippen LogP) is 3.31. The molecule has 0 unspecified atom stereocenters. The predicted molar refractivity (Wildman–Crippen MR) is 117 cm³/mol. The minimum atomic E-state index is -0.437. The Kier molecular flexibility index (Phi) is 5.33. The Labute approximate surface area is 177 Å². The van der Waals surface area contributed by atoms with Crippen LogP contribution in [0.25, 0.3) is 16.6 Å². The Morgan fingerprint density at radius 2 is 1.97 bits per heavy atom. The van der Waals surface area contributed by atoms with Crippen molar-refractivity contribution >= 4 is 17.2 Å². The summed E-state index contributed by atoms with van der Waals surface area (Å²) in [5.41, 5.74) is 8.58. The number of nitriles is 1. The lowest BCUT2D eigenvalue weighted by atomic mass is 9.98. The molecule has 0 fully saturated rings. The van der Waals surface area contributed by atoms with Gasteiger partial charge in [0.25, 0.3) is 5.56 Å². The van der Waals surface area contributed by atoms with E-state index in [2.05, 4.69) is 15.3 Å². The first-order valence-electron chi connectivity index (χ1n) is 9.65. The van der Waals surface area contributed by atoms with Gasteiger partial charge in [-0.3, -0.25) is 9.20 Å². The minimum Gasteiger partial charge on any atom is -0.382 e. The second-order valence-electron chi connectivity index (χ2n) is 7.01. The fourth-order valence-electron chi connectivity index (χ4n) is 3.61. The molecule has 154 valence electrons. The van der Waals surface area contributed by atoms with Crippen LogP contribution in [-0.2, 0) is 6.42 Å². The van der Waals surface area contributed by atoms with Crippen LogP contribution in [0, 0.1) is 24.1 Å². The van der Waals surface area contributed by atoms with Crippen molar-refractivity contribution in [2.75, 3.05) is 17.6 Å². The van der Waals surface area contributed by atoms with Crippen LogP contribution in [0.15, 0.2) is 59.7 Å². The number of halogens is 1. The molecule has 3 N–H and O–H groups in total. The van der Waals surface area contributed by atoms with Crippen LogP contribution in [-0.4, -0.2) is 20.9 Å². The Morgan fingerprint density at radius 1 is 1.19 bits per heavy atom. The fraction of sp³-hybridized carbons (Fsp3) is 0.130. The van der Waals surface area contributed by atoms with Crippen LogP contribution < -0.4 is 16.6 Å². The smallest absolute Gasteiger partial charge is 0.263 e. The zero-order valence-electron chi connectivity index (χ0n) is 16.8. The van der Waals surface area contributed by atoms with Gasteiger partial charge >= 0.3 is 0 Å². The van der Waals surface area contributed by atoms with E-state index in [4.69, 9.17) is 5.73 Å². The monoisotopic (exact) mass is 414 g/mol. The summed E-state index contributed by atoms with van der Waals surface area (Å²) in [6.45, 7) is 1.99. The van der Waals surface area contributed by atoms with E-state index in [1.165, 1.54) is 16.8 Å². The standard InChI is InChI=1S/C23H19FN6O/c1-14-19(24)8-7-17-11-16(9-10-27-22-18(12-25)21(26)28-13-29-22)20(23(31)30(14)17)15-5-3-2-4-6-15/h2-8,11,13H,9-10H2,1H3,(H3,26,27,28,29). The first-order chi connectivity index (χ1) is 15.0. The zero-order chi connectivity index (χ0) is 22.0. The number of pyridine rings is 2. The van der Waals surface area contributed by atoms with Crippen molar-refractivity contribution in [3.63, 3.8) is 0 Å². The van der Waals surface area contributed by atoms with Crippen LogP contribution in [0.4, 0.5) is 16.0 Å². The molecule has 4 rings (SSSR count). The summed E-state index contributed by atoms with van der Waals surface area (Å²) in [4.78, 5) is 21.3. The highest BCUT2D eigenvalue weighted by Crippen LogP contribution is 2.24. The molecule has 0 aliphatic heterocycles. The van der Waals surface area contributed by atoms with Crippen LogP contribution in [0.3, 0.4) is 0 Å². The van der Waals surface area contributed by atoms with Gasteiger partial charge in [0.1, 0.15) is 35.4 Å². The average molecular weight is 414 g/mol. The molecule has 7 nitrogen and oxygen atoms in total. The molecule has 0 spiro atoms. The van der Waals surface area contributed by atoms with Crippen LogP contribution in [0.5, 0.6) is 0 Å². The normalized spacial score (nSPS) is 10.7. The van der Waals surface area contributed by atoms with Gasteiger partial charge in [0.05, 0.1) is 11.3 Å². The van der Waals surface area contributed by atoms with E-state index < -0.39 is 5.82 Å². The summed E-state index contributed by atoms with van der Waals surface area (Å²) in [6.07, 6.45) is 1.76. The summed E-state index contributed by atoms with van der Waals surface area (Å²) in [6, 6.07) is 16.1. The molecule has 3 aromatic heterocycles. The Morgan fingerprint density at radius 3 is 2.71 bits per heavy atom. The molecule has 31 heavy (non-hydrogen) atoms. The Hall–Kier alpha value is -4.25. The highest BCUT2D eigenvalue weighted by atomic mass is 19.1. The van der Waals surface area contributed by atoms with Gasteiger partial charge in [0.2, 0.25) is 0 Å². The van der Waals surface area contributed by atoms with Gasteiger partial charge in [0.15, 0.2) is 0 Å². The van der Waals surface area contributed by atoms with E-state index in [9.17, 15) is 14.4 Å². The highest BCUT2D eigenvalue weighted by molar-refractivity contribution is 5.70. The molecular formula is C23H19FN6O. The van der Waals surface area contributed by atoms with E-state index in [1.54, 1.807) is 13.0 Å². The first-order valence-corrected chi connectivity index (χ1v) is 9.65. The van der Waals surface area contributed by atoms with E-state index in [0.29, 0.717) is 29.9 Å². The molecular weight excluding hydrogens is 395 g/mol. The Bertz CT molecular complexity index is 1380. The van der Waals surface area contributed by atoms with E-state index in [1.807, 2.05) is 42.5 Å². The molecule has 1 aromatic carbocycles. The summed E-state index contributed by atoms with van der Waals surface area (Å²) in [5, 5.41) is 12.4. The number of benzene rings is 1. The molecule has 4 aromatic rings. The average Bonchev–Trinajstić information content (AvgIpc) is 2.77. The number of nitrogen functional groups attached to an aromatic ring is 1. The van der Waals surface area contributed by atoms with Gasteiger partial charge in [-0.2, -0.15) is 5.26 Å². The number of fused-ring (bicyclic) bond motifs is 1. The molecule has 8 heteroatoms. The lowest BCUT2D eigenvalue weighted by Gasteiger charge is -2.15. The Balaban J connectivity index is 1.77. The highest BCUT2D eigenvalue weighted by Gasteiger charge is 2.16. The summed E-state index contributed by atoms with van der Waals surface area (Å²) in [5.74, 6) is 0.00604. The molecule has 0 saturated heterocycles. The van der Waals surface area contributed by atoms with Crippen molar-refractivity contribution in [3.05, 3.63) is 87.9 Å². The zero-order valence-corrected chi connectivity index (χ0v) is 16.8. The van der Waals surface area contributed by atoms with Gasteiger partial charge < -0.3 is 11.1 Å². The molecule has 3 heterocycles. The summed E-state index contributed by atoms with van der Waals surface area (Å²) < 4.78 is 15.5. The summed E-state index contributed by atoms with van der Waals surface area (Å²) in [7, 11) is 0. The number of anilines is 2. The minimum absolute atomic E-state index is 0.103. The van der Waals surface area contributed by atoms with E-state index >= 15 is 0 Å². The van der Waals surface area contributed by atoms with Crippen molar-refractivity contribution in [1.82, 2.24) is 14.4 Å². The van der Waals surface area contributed by atoms with Crippen molar-refractivity contribution in [3.8, 4) is 17.2 Å². The third kappa shape index (κ3) is 3.69. The molecule has 0 amide bonds. The van der Waals surface area contributed by atoms with Crippen molar-refractivity contribution in [1.29, 1.82) is 5.26 Å². The maximum atomic E-state index is 14.1. The topological polar surface area (TPSA) is 109 Å². The number of hydrogen-bond donors (Lipinski definition) is 2. The van der Waals surface area contributed by atoms with Gasteiger partial charge in [-0.15, -0.1) is 0 Å². The number of aryl methyl sites for hydroxylation is 1. The number of hydrogen-bond acceptors (Lipinski definition) is 6. The molecule has 0 saturated carbocycles. The molecule has 0 bridgehead atoms. The number of aromatic nitrogens is 3. The lowest BCUT2D eigenvalue weighted by Crippen LogP contribution is -2.22. The van der Waals surface area contributed by atoms with Gasteiger partial charge in [0, 0.05) is 12.1 Å². The van der Waals surface area contributed by atoms with E-state index in [0.717, 1.165) is 11.1 Å². The maximum absolute atomic E-state index is 14.1. The SMILES string of the molecule is Cc1c(F)ccc2cc(CCNc3ncnc(N)c3C#N)c(-c3ccccc3)c(=O)n12. The van der Waals surface area contributed by atoms with E-state index in [-0.39, 0.29) is 22.6 Å². The van der Waals surface area contributed by atoms with Crippen LogP contribution in [0.1, 0.15) is 16.8 Å². The van der Waals surface area contributed by atoms with Crippen LogP contribution in [0.2, 0.25) is 0 Å². The lowest BCUT2D eigenvalue weighted by molar-refractivity contribution is 0.605. The number of nitrogens with two attached hydrogens (primary N) is 1. The van der Waals surface area contributed by atoms with Gasteiger partial charge in [-0.05, 0) is 42.7 Å². The second-order valence-corrected chi connectivity index (χ2v) is 7.01. The first kappa shape index (κ1) is 20.0. The summed E-state index contributed by atoms with van der Waals surface area (Å²) >= 11 is 0. The van der Waals surface area contributed by atoms with Crippen LogP contribution >= 0.6 is 0 Å². The molecule has 0 aliphatic rings. The van der Waals surface area contributed by atoms with Gasteiger partial charge in [-0.1, -0.05) is 30.3 Å². The fourth-order valence-corrected chi connectivity index (χ4v) is 3.61. The third-order valence-corrected chi connectivity index (χ3v) is 5.14. The van der Waals surface area contributed by atoms with Gasteiger partial charge in [-0.25, -0.2) is 14.4 Å². The number of nitrogens with zero attached hydrogens (tertiary/aromatic N) is 4. The molecule has 0 aliphatic carbocycles. The molecule has 0 atom stereocenters. The largest absolute Gasteiger partial charge is 0.382 e. The third-order valence-electron chi connectivity index (χ3n) is 5.14. The van der Waals surface area contributed by atoms with Crippen molar-refractivity contribution in [2.45, 2.75) is 13.3 Å².